The standard InChI is InChI=1S/C18H15NO5/c1-2-23-18-15(16(20)13-5-3-4-6-14(13)24-18)19-12-9-7-11(8-10-12)17(21)22/h3-10,18H,2H2,1H3,(H,21,22). The zero-order valence-electron chi connectivity index (χ0n) is 12.9. The van der Waals surface area contributed by atoms with Crippen LogP contribution in [-0.4, -0.2) is 35.5 Å². The van der Waals surface area contributed by atoms with Crippen molar-refractivity contribution in [2.75, 3.05) is 6.61 Å². The van der Waals surface area contributed by atoms with Gasteiger partial charge in [0.05, 0.1) is 16.8 Å². The van der Waals surface area contributed by atoms with Crippen molar-refractivity contribution in [3.8, 4) is 5.75 Å². The van der Waals surface area contributed by atoms with Gasteiger partial charge in [-0.2, -0.15) is 0 Å². The average Bonchev–Trinajstić information content (AvgIpc) is 2.59. The lowest BCUT2D eigenvalue weighted by molar-refractivity contribution is -0.0285. The molecule has 2 aromatic rings. The summed E-state index contributed by atoms with van der Waals surface area (Å²) in [7, 11) is 0. The molecule has 0 amide bonds. The third kappa shape index (κ3) is 3.04. The molecule has 6 nitrogen and oxygen atoms in total. The Bertz CT molecular complexity index is 810. The van der Waals surface area contributed by atoms with Crippen molar-refractivity contribution in [3.05, 3.63) is 59.7 Å². The highest BCUT2D eigenvalue weighted by Crippen LogP contribution is 2.28. The number of rotatable bonds is 4. The number of ether oxygens (including phenoxy) is 2. The predicted molar refractivity (Wildman–Crippen MR) is 87.3 cm³/mol. The lowest BCUT2D eigenvalue weighted by Gasteiger charge is -2.26. The van der Waals surface area contributed by atoms with E-state index < -0.39 is 12.3 Å². The van der Waals surface area contributed by atoms with Crippen molar-refractivity contribution >= 4 is 23.2 Å². The summed E-state index contributed by atoms with van der Waals surface area (Å²) in [4.78, 5) is 27.9. The zero-order chi connectivity index (χ0) is 17.1. The fraction of sp³-hybridized carbons (Fsp3) is 0.167. The number of fused-ring (bicyclic) bond motifs is 1. The minimum atomic E-state index is -1.02. The zero-order valence-corrected chi connectivity index (χ0v) is 12.9. The SMILES string of the molecule is CCOC1Oc2ccccc2C(=O)C1=Nc1ccc(C(=O)O)cc1. The predicted octanol–water partition coefficient (Wildman–Crippen LogP) is 3.10. The molecule has 0 radical (unpaired) electrons. The number of carbonyl (C=O) groups is 2. The van der Waals surface area contributed by atoms with Crippen molar-refractivity contribution in [1.82, 2.24) is 0 Å². The first-order valence-electron chi connectivity index (χ1n) is 7.44. The monoisotopic (exact) mass is 325 g/mol. The van der Waals surface area contributed by atoms with Gasteiger partial charge in [-0.05, 0) is 43.3 Å². The van der Waals surface area contributed by atoms with E-state index in [0.29, 0.717) is 23.6 Å². The molecule has 1 N–H and O–H groups in total. The Balaban J connectivity index is 1.99. The highest BCUT2D eigenvalue weighted by molar-refractivity contribution is 6.48. The van der Waals surface area contributed by atoms with Crippen LogP contribution in [-0.2, 0) is 4.74 Å². The van der Waals surface area contributed by atoms with Gasteiger partial charge in [0.25, 0.3) is 0 Å². The Morgan fingerprint density at radius 1 is 1.21 bits per heavy atom. The Hall–Kier alpha value is -2.99. The first kappa shape index (κ1) is 15.9. The molecule has 0 aromatic heterocycles. The first-order valence-corrected chi connectivity index (χ1v) is 7.44. The summed E-state index contributed by atoms with van der Waals surface area (Å²) >= 11 is 0. The van der Waals surface area contributed by atoms with E-state index in [0.717, 1.165) is 0 Å². The summed E-state index contributed by atoms with van der Waals surface area (Å²) in [5.41, 5.74) is 1.17. The summed E-state index contributed by atoms with van der Waals surface area (Å²) in [6.07, 6.45) is -0.892. The maximum Gasteiger partial charge on any atom is 0.335 e. The van der Waals surface area contributed by atoms with Crippen LogP contribution in [0.4, 0.5) is 5.69 Å². The molecule has 6 heteroatoms. The second-order valence-corrected chi connectivity index (χ2v) is 5.08. The fourth-order valence-electron chi connectivity index (χ4n) is 2.36. The first-order chi connectivity index (χ1) is 11.6. The van der Waals surface area contributed by atoms with Crippen LogP contribution in [0.2, 0.25) is 0 Å². The normalized spacial score (nSPS) is 18.1. The number of carbonyl (C=O) groups excluding carboxylic acids is 1. The van der Waals surface area contributed by atoms with Crippen LogP contribution >= 0.6 is 0 Å². The van der Waals surface area contributed by atoms with Crippen LogP contribution in [0.1, 0.15) is 27.6 Å². The van der Waals surface area contributed by atoms with E-state index in [1.54, 1.807) is 31.2 Å². The molecule has 0 fully saturated rings. The van der Waals surface area contributed by atoms with Crippen LogP contribution in [0, 0.1) is 0 Å². The van der Waals surface area contributed by atoms with E-state index in [4.69, 9.17) is 14.6 Å². The number of hydrogen-bond donors (Lipinski definition) is 1. The van der Waals surface area contributed by atoms with Crippen LogP contribution in [0.5, 0.6) is 5.75 Å². The molecule has 3 rings (SSSR count). The van der Waals surface area contributed by atoms with Crippen LogP contribution in [0.15, 0.2) is 53.5 Å². The van der Waals surface area contributed by atoms with Gasteiger partial charge < -0.3 is 14.6 Å². The molecule has 122 valence electrons. The van der Waals surface area contributed by atoms with Crippen molar-refractivity contribution in [1.29, 1.82) is 0 Å². The number of hydrogen-bond acceptors (Lipinski definition) is 5. The molecule has 1 atom stereocenters. The Kier molecular flexibility index (Phi) is 4.39. The fourth-order valence-corrected chi connectivity index (χ4v) is 2.36. The van der Waals surface area contributed by atoms with Crippen molar-refractivity contribution in [3.63, 3.8) is 0 Å². The molecule has 1 unspecified atom stereocenters. The summed E-state index contributed by atoms with van der Waals surface area (Å²) in [5.74, 6) is -0.828. The molecule has 1 aliphatic rings. The van der Waals surface area contributed by atoms with Crippen molar-refractivity contribution < 1.29 is 24.2 Å². The van der Waals surface area contributed by atoms with Crippen LogP contribution in [0.25, 0.3) is 0 Å². The highest BCUT2D eigenvalue weighted by Gasteiger charge is 2.33. The maximum atomic E-state index is 12.7. The number of benzene rings is 2. The number of ketones is 1. The van der Waals surface area contributed by atoms with Gasteiger partial charge in [0, 0.05) is 6.61 Å². The second-order valence-electron chi connectivity index (χ2n) is 5.08. The largest absolute Gasteiger partial charge is 0.478 e. The van der Waals surface area contributed by atoms with E-state index >= 15 is 0 Å². The van der Waals surface area contributed by atoms with E-state index in [-0.39, 0.29) is 17.1 Å². The van der Waals surface area contributed by atoms with E-state index in [2.05, 4.69) is 4.99 Å². The molecular formula is C18H15NO5. The van der Waals surface area contributed by atoms with Gasteiger partial charge in [0.15, 0.2) is 5.71 Å². The molecule has 2 aromatic carbocycles. The summed E-state index contributed by atoms with van der Waals surface area (Å²) in [6, 6.07) is 12.8. The Morgan fingerprint density at radius 2 is 1.92 bits per heavy atom. The Morgan fingerprint density at radius 3 is 2.58 bits per heavy atom. The van der Waals surface area contributed by atoms with Crippen LogP contribution < -0.4 is 4.74 Å². The number of aliphatic imine (C=N–C) groups is 1. The van der Waals surface area contributed by atoms with Gasteiger partial charge in [-0.3, -0.25) is 4.79 Å². The smallest absolute Gasteiger partial charge is 0.335 e. The Labute approximate surface area is 138 Å². The summed E-state index contributed by atoms with van der Waals surface area (Å²) in [6.45, 7) is 2.16. The lowest BCUT2D eigenvalue weighted by Crippen LogP contribution is -2.40. The van der Waals surface area contributed by atoms with Crippen LogP contribution in [0.3, 0.4) is 0 Å². The molecule has 0 saturated heterocycles. The van der Waals surface area contributed by atoms with Gasteiger partial charge in [-0.15, -0.1) is 0 Å². The quantitative estimate of drug-likeness (QED) is 0.933. The number of Topliss-reactive ketones (excluding diaryl/α,β-unsaturated/α-hetero) is 1. The number of carboxylic acids is 1. The van der Waals surface area contributed by atoms with Gasteiger partial charge in [0.1, 0.15) is 5.75 Å². The van der Waals surface area contributed by atoms with E-state index in [1.807, 2.05) is 0 Å². The van der Waals surface area contributed by atoms with Gasteiger partial charge in [-0.1, -0.05) is 12.1 Å². The average molecular weight is 325 g/mol. The number of para-hydroxylation sites is 1. The lowest BCUT2D eigenvalue weighted by atomic mass is 10.0. The molecular weight excluding hydrogens is 310 g/mol. The number of aromatic carboxylic acids is 1. The molecule has 0 saturated carbocycles. The molecule has 1 heterocycles. The third-order valence-corrected chi connectivity index (χ3v) is 3.50. The van der Waals surface area contributed by atoms with Crippen molar-refractivity contribution in [2.45, 2.75) is 13.2 Å². The van der Waals surface area contributed by atoms with E-state index in [1.165, 1.54) is 24.3 Å². The highest BCUT2D eigenvalue weighted by atomic mass is 16.7. The molecule has 0 aliphatic carbocycles. The minimum absolute atomic E-state index is 0.138. The van der Waals surface area contributed by atoms with Crippen molar-refractivity contribution in [2.24, 2.45) is 4.99 Å². The second kappa shape index (κ2) is 6.64. The third-order valence-electron chi connectivity index (χ3n) is 3.50. The van der Waals surface area contributed by atoms with Gasteiger partial charge >= 0.3 is 5.97 Å². The molecule has 24 heavy (non-hydrogen) atoms. The van der Waals surface area contributed by atoms with Gasteiger partial charge in [-0.25, -0.2) is 9.79 Å². The summed E-state index contributed by atoms with van der Waals surface area (Å²) < 4.78 is 11.2. The number of nitrogens with zero attached hydrogens (tertiary/aromatic N) is 1. The van der Waals surface area contributed by atoms with E-state index in [9.17, 15) is 9.59 Å². The number of carboxylic acid groups (broad SMARTS) is 1. The van der Waals surface area contributed by atoms with Gasteiger partial charge in [0.2, 0.25) is 12.1 Å². The summed E-state index contributed by atoms with van der Waals surface area (Å²) in [5, 5.41) is 8.93. The molecule has 1 aliphatic heterocycles. The minimum Gasteiger partial charge on any atom is -0.478 e. The maximum absolute atomic E-state index is 12.7. The molecule has 0 bridgehead atoms. The topological polar surface area (TPSA) is 85.2 Å². The molecule has 0 spiro atoms.